The van der Waals surface area contributed by atoms with E-state index in [1.54, 1.807) is 40.0 Å². The number of pyridine rings is 1. The van der Waals surface area contributed by atoms with Crippen LogP contribution in [0.25, 0.3) is 5.57 Å². The van der Waals surface area contributed by atoms with Crippen LogP contribution in [0.1, 0.15) is 48.8 Å². The minimum atomic E-state index is -0.693. The molecule has 2 heterocycles. The number of hydrogen-bond acceptors (Lipinski definition) is 9. The fourth-order valence-electron chi connectivity index (χ4n) is 3.72. The van der Waals surface area contributed by atoms with E-state index in [0.717, 1.165) is 11.3 Å². The molecule has 1 aromatic carbocycles. The van der Waals surface area contributed by atoms with Crippen LogP contribution in [0.15, 0.2) is 42.0 Å². The molecule has 1 aliphatic rings. The van der Waals surface area contributed by atoms with Gasteiger partial charge in [0.1, 0.15) is 18.0 Å². The zero-order chi connectivity index (χ0) is 27.2. The van der Waals surface area contributed by atoms with Crippen molar-refractivity contribution in [3.05, 3.63) is 58.8 Å². The molecule has 198 valence electrons. The molecule has 0 bridgehead atoms. The Kier molecular flexibility index (Phi) is 8.75. The van der Waals surface area contributed by atoms with Crippen molar-refractivity contribution in [3.8, 4) is 11.6 Å². The Hall–Kier alpha value is -4.08. The molecule has 0 N–H and O–H groups in total. The van der Waals surface area contributed by atoms with Crippen molar-refractivity contribution in [3.63, 3.8) is 0 Å². The summed E-state index contributed by atoms with van der Waals surface area (Å²) in [5.41, 5.74) is 1.28. The van der Waals surface area contributed by atoms with Crippen molar-refractivity contribution in [2.24, 2.45) is 0 Å². The second kappa shape index (κ2) is 11.8. The third kappa shape index (κ3) is 6.99. The fourth-order valence-corrected chi connectivity index (χ4v) is 3.72. The van der Waals surface area contributed by atoms with E-state index in [9.17, 15) is 14.4 Å². The lowest BCUT2D eigenvalue weighted by Crippen LogP contribution is -2.42. The van der Waals surface area contributed by atoms with Crippen LogP contribution in [0.5, 0.6) is 11.6 Å². The van der Waals surface area contributed by atoms with Gasteiger partial charge in [-0.15, -0.1) is 0 Å². The van der Waals surface area contributed by atoms with Gasteiger partial charge in [0.25, 0.3) is 0 Å². The lowest BCUT2D eigenvalue weighted by molar-refractivity contribution is -0.136. The molecule has 1 aromatic heterocycles. The Balaban J connectivity index is 1.97. The molecule has 0 spiro atoms. The summed E-state index contributed by atoms with van der Waals surface area (Å²) >= 11 is 0. The van der Waals surface area contributed by atoms with Gasteiger partial charge in [0.15, 0.2) is 0 Å². The molecule has 0 saturated carbocycles. The highest BCUT2D eigenvalue weighted by atomic mass is 16.6. The van der Waals surface area contributed by atoms with E-state index >= 15 is 0 Å². The van der Waals surface area contributed by atoms with Crippen LogP contribution in [0.4, 0.5) is 4.79 Å². The van der Waals surface area contributed by atoms with Gasteiger partial charge < -0.3 is 28.6 Å². The second-order valence-corrected chi connectivity index (χ2v) is 9.27. The Bertz CT molecular complexity index is 1180. The molecule has 0 saturated heterocycles. The largest absolute Gasteiger partial charge is 0.497 e. The van der Waals surface area contributed by atoms with E-state index in [1.165, 1.54) is 19.1 Å². The first-order chi connectivity index (χ1) is 17.6. The predicted octanol–water partition coefficient (Wildman–Crippen LogP) is 4.02. The topological polar surface area (TPSA) is 113 Å². The van der Waals surface area contributed by atoms with Gasteiger partial charge >= 0.3 is 18.0 Å². The molecule has 3 rings (SSSR count). The van der Waals surface area contributed by atoms with Gasteiger partial charge in [0, 0.05) is 12.6 Å². The minimum Gasteiger partial charge on any atom is -0.497 e. The molecule has 0 radical (unpaired) electrons. The maximum absolute atomic E-state index is 12.8. The number of hydrogen-bond donors (Lipinski definition) is 0. The Morgan fingerprint density at radius 3 is 2.22 bits per heavy atom. The number of amides is 1. The van der Waals surface area contributed by atoms with Crippen LogP contribution >= 0.6 is 0 Å². The number of aromatic nitrogens is 1. The monoisotopic (exact) mass is 512 g/mol. The van der Waals surface area contributed by atoms with E-state index in [1.807, 2.05) is 24.3 Å². The predicted molar refractivity (Wildman–Crippen MR) is 134 cm³/mol. The van der Waals surface area contributed by atoms with Crippen LogP contribution in [0, 0.1) is 0 Å². The quantitative estimate of drug-likeness (QED) is 0.401. The first-order valence-electron chi connectivity index (χ1n) is 11.7. The Morgan fingerprint density at radius 1 is 0.946 bits per heavy atom. The molecule has 0 fully saturated rings. The van der Waals surface area contributed by atoms with Gasteiger partial charge in [-0.25, -0.2) is 19.4 Å². The maximum atomic E-state index is 12.8. The van der Waals surface area contributed by atoms with Crippen LogP contribution in [0.3, 0.4) is 0 Å². The summed E-state index contributed by atoms with van der Waals surface area (Å²) < 4.78 is 26.4. The van der Waals surface area contributed by atoms with Crippen molar-refractivity contribution in [1.82, 2.24) is 9.88 Å². The van der Waals surface area contributed by atoms with Crippen LogP contribution in [-0.4, -0.2) is 67.9 Å². The molecule has 2 aromatic rings. The molecule has 1 amide bonds. The smallest absolute Gasteiger partial charge is 0.410 e. The number of esters is 2. The lowest BCUT2D eigenvalue weighted by atomic mass is 9.94. The third-order valence-electron chi connectivity index (χ3n) is 5.54. The van der Waals surface area contributed by atoms with Crippen molar-refractivity contribution >= 4 is 23.6 Å². The molecule has 10 heteroatoms. The summed E-state index contributed by atoms with van der Waals surface area (Å²) in [5.74, 6) is -0.266. The third-order valence-corrected chi connectivity index (χ3v) is 5.54. The first-order valence-corrected chi connectivity index (χ1v) is 11.7. The van der Waals surface area contributed by atoms with Gasteiger partial charge in [-0.1, -0.05) is 12.1 Å². The van der Waals surface area contributed by atoms with Crippen molar-refractivity contribution in [2.75, 3.05) is 34.4 Å². The van der Waals surface area contributed by atoms with Crippen LogP contribution < -0.4 is 9.47 Å². The molecule has 37 heavy (non-hydrogen) atoms. The van der Waals surface area contributed by atoms with Gasteiger partial charge in [-0.3, -0.25) is 0 Å². The first kappa shape index (κ1) is 27.5. The maximum Gasteiger partial charge on any atom is 0.410 e. The number of carbonyl (C=O) groups excluding carboxylic acids is 3. The zero-order valence-corrected chi connectivity index (χ0v) is 22.0. The molecule has 0 aliphatic carbocycles. The molecule has 0 atom stereocenters. The molecule has 10 nitrogen and oxygen atoms in total. The van der Waals surface area contributed by atoms with Gasteiger partial charge in [-0.05, 0) is 56.5 Å². The summed E-state index contributed by atoms with van der Waals surface area (Å²) in [6.07, 6.45) is -0.312. The number of nitrogens with zero attached hydrogens (tertiary/aromatic N) is 2. The highest BCUT2D eigenvalue weighted by Crippen LogP contribution is 2.32. The van der Waals surface area contributed by atoms with Gasteiger partial charge in [0.2, 0.25) is 5.88 Å². The highest BCUT2D eigenvalue weighted by Gasteiger charge is 2.33. The number of methoxy groups -OCH3 is 3. The lowest BCUT2D eigenvalue weighted by Gasteiger charge is -2.32. The molecule has 0 unspecified atom stereocenters. The van der Waals surface area contributed by atoms with Crippen molar-refractivity contribution in [1.29, 1.82) is 0 Å². The SMILES string of the molecule is COC(=O)C1=C(c2nc(OCc3ccc(OC)cc3)ccc2C(=O)OC)CCN(C(=O)OC(C)(C)C)C1. The van der Waals surface area contributed by atoms with Crippen LogP contribution in [-0.2, 0) is 25.6 Å². The van der Waals surface area contributed by atoms with E-state index in [-0.39, 0.29) is 48.8 Å². The Morgan fingerprint density at radius 2 is 1.62 bits per heavy atom. The van der Waals surface area contributed by atoms with Crippen LogP contribution in [0.2, 0.25) is 0 Å². The summed E-state index contributed by atoms with van der Waals surface area (Å²) in [6, 6.07) is 10.5. The van der Waals surface area contributed by atoms with E-state index < -0.39 is 23.6 Å². The average Bonchev–Trinajstić information content (AvgIpc) is 2.89. The van der Waals surface area contributed by atoms with Crippen molar-refractivity contribution < 1.29 is 38.1 Å². The Labute approximate surface area is 216 Å². The molecular formula is C27H32N2O8. The minimum absolute atomic E-state index is 0.0594. The van der Waals surface area contributed by atoms with Gasteiger partial charge in [0.05, 0.1) is 44.7 Å². The average molecular weight is 513 g/mol. The summed E-state index contributed by atoms with van der Waals surface area (Å²) in [6.45, 7) is 5.72. The summed E-state index contributed by atoms with van der Waals surface area (Å²) in [5, 5.41) is 0. The fraction of sp³-hybridized carbons (Fsp3) is 0.407. The second-order valence-electron chi connectivity index (χ2n) is 9.27. The number of ether oxygens (including phenoxy) is 5. The zero-order valence-electron chi connectivity index (χ0n) is 22.0. The summed E-state index contributed by atoms with van der Waals surface area (Å²) in [7, 11) is 4.11. The van der Waals surface area contributed by atoms with Gasteiger partial charge in [-0.2, -0.15) is 0 Å². The molecular weight excluding hydrogens is 480 g/mol. The van der Waals surface area contributed by atoms with E-state index in [2.05, 4.69) is 4.98 Å². The van der Waals surface area contributed by atoms with E-state index in [4.69, 9.17) is 23.7 Å². The number of carbonyl (C=O) groups is 3. The normalized spacial score (nSPS) is 13.6. The number of rotatable bonds is 7. The standard InChI is InChI=1S/C27H32N2O8/c1-27(2,3)37-26(32)29-14-13-19(21(15-29)25(31)35-6)23-20(24(30)34-5)11-12-22(28-23)36-16-17-7-9-18(33-4)10-8-17/h7-12H,13-16H2,1-6H3. The van der Waals surface area contributed by atoms with Crippen molar-refractivity contribution in [2.45, 2.75) is 39.4 Å². The molecule has 1 aliphatic heterocycles. The summed E-state index contributed by atoms with van der Waals surface area (Å²) in [4.78, 5) is 44.0. The highest BCUT2D eigenvalue weighted by molar-refractivity contribution is 6.02. The number of benzene rings is 1. The van der Waals surface area contributed by atoms with E-state index in [0.29, 0.717) is 5.57 Å².